The number of benzene rings is 2. The Bertz CT molecular complexity index is 942. The fourth-order valence-corrected chi connectivity index (χ4v) is 4.87. The molecule has 0 N–H and O–H groups in total. The topological polar surface area (TPSA) is 55.8 Å². The summed E-state index contributed by atoms with van der Waals surface area (Å²) in [6, 6.07) is 12.0. The largest absolute Gasteiger partial charge is 0.446 e. The number of ether oxygens (including phenoxy) is 2. The van der Waals surface area contributed by atoms with E-state index in [1.54, 1.807) is 0 Å². The van der Waals surface area contributed by atoms with Gasteiger partial charge in [-0.25, -0.2) is 18.5 Å². The van der Waals surface area contributed by atoms with Gasteiger partial charge in [0.25, 0.3) is 0 Å². The Labute approximate surface area is 180 Å². The fraction of sp³-hybridized carbons (Fsp3) is 0.333. The molecule has 0 saturated carbocycles. The highest BCUT2D eigenvalue weighted by Gasteiger charge is 2.49. The van der Waals surface area contributed by atoms with Gasteiger partial charge in [0, 0.05) is 16.1 Å². The lowest BCUT2D eigenvalue weighted by atomic mass is 9.88. The molecule has 2 heterocycles. The summed E-state index contributed by atoms with van der Waals surface area (Å²) in [4.78, 5) is 26.6. The standard InChI is InChI=1S/C21H18F2INO4/c22-15-6-7-16(17(23)8-15)21(12-24)9-14(10-29-21)19(26)25-18(11-28-20(25)27)13-4-2-1-3-5-13/h1-8,14,18H,9-12H2/t14?,18-,21-/m0/s1. The van der Waals surface area contributed by atoms with Crippen molar-refractivity contribution in [1.82, 2.24) is 4.90 Å². The van der Waals surface area contributed by atoms with E-state index >= 15 is 0 Å². The van der Waals surface area contributed by atoms with Crippen LogP contribution in [0.15, 0.2) is 48.5 Å². The van der Waals surface area contributed by atoms with Gasteiger partial charge >= 0.3 is 6.09 Å². The molecule has 29 heavy (non-hydrogen) atoms. The monoisotopic (exact) mass is 513 g/mol. The van der Waals surface area contributed by atoms with Crippen molar-refractivity contribution < 1.29 is 27.8 Å². The number of halogens is 3. The average molecular weight is 513 g/mol. The molecule has 2 saturated heterocycles. The van der Waals surface area contributed by atoms with E-state index in [4.69, 9.17) is 9.47 Å². The van der Waals surface area contributed by atoms with Crippen LogP contribution in [-0.2, 0) is 19.9 Å². The second-order valence-electron chi connectivity index (χ2n) is 7.18. The molecular weight excluding hydrogens is 495 g/mol. The van der Waals surface area contributed by atoms with Gasteiger partial charge in [0.05, 0.1) is 12.5 Å². The Morgan fingerprint density at radius 1 is 1.17 bits per heavy atom. The maximum absolute atomic E-state index is 14.4. The second kappa shape index (κ2) is 7.98. The third-order valence-corrected chi connectivity index (χ3v) is 6.65. The first-order chi connectivity index (χ1) is 13.9. The van der Waals surface area contributed by atoms with Gasteiger partial charge in [-0.15, -0.1) is 0 Å². The number of rotatable bonds is 4. The lowest BCUT2D eigenvalue weighted by molar-refractivity contribution is -0.133. The molecule has 2 aliphatic heterocycles. The number of carbonyl (C=O) groups is 2. The molecule has 2 aliphatic rings. The summed E-state index contributed by atoms with van der Waals surface area (Å²) in [7, 11) is 0. The lowest BCUT2D eigenvalue weighted by Gasteiger charge is -2.27. The van der Waals surface area contributed by atoms with Gasteiger partial charge in [-0.2, -0.15) is 0 Å². The molecule has 0 radical (unpaired) electrons. The summed E-state index contributed by atoms with van der Waals surface area (Å²) in [5, 5.41) is 0. The fourth-order valence-electron chi connectivity index (χ4n) is 3.93. The molecule has 1 unspecified atom stereocenters. The van der Waals surface area contributed by atoms with Crippen LogP contribution in [0.1, 0.15) is 23.6 Å². The highest BCUT2D eigenvalue weighted by Crippen LogP contribution is 2.43. The lowest BCUT2D eigenvalue weighted by Crippen LogP contribution is -2.39. The molecule has 0 spiro atoms. The van der Waals surface area contributed by atoms with Crippen LogP contribution < -0.4 is 0 Å². The van der Waals surface area contributed by atoms with Crippen LogP contribution >= 0.6 is 22.6 Å². The number of carbonyl (C=O) groups excluding carboxylic acids is 2. The number of imide groups is 1. The van der Waals surface area contributed by atoms with E-state index in [2.05, 4.69) is 22.6 Å². The van der Waals surface area contributed by atoms with E-state index in [1.165, 1.54) is 12.1 Å². The van der Waals surface area contributed by atoms with Gasteiger partial charge in [0.1, 0.15) is 29.9 Å². The first-order valence-corrected chi connectivity index (χ1v) is 10.7. The predicted molar refractivity (Wildman–Crippen MR) is 108 cm³/mol. The number of nitrogens with zero attached hydrogens (tertiary/aromatic N) is 1. The van der Waals surface area contributed by atoms with Crippen LogP contribution in [0.3, 0.4) is 0 Å². The van der Waals surface area contributed by atoms with E-state index in [1.807, 2.05) is 30.3 Å². The molecule has 2 fully saturated rings. The quantitative estimate of drug-likeness (QED) is 0.451. The summed E-state index contributed by atoms with van der Waals surface area (Å²) >= 11 is 2.07. The summed E-state index contributed by atoms with van der Waals surface area (Å²) < 4.78 is 39.1. The molecule has 0 bridgehead atoms. The van der Waals surface area contributed by atoms with E-state index in [0.29, 0.717) is 4.43 Å². The number of hydrogen-bond donors (Lipinski definition) is 0. The molecular formula is C21H18F2INO4. The second-order valence-corrected chi connectivity index (χ2v) is 7.94. The molecule has 0 aromatic heterocycles. The van der Waals surface area contributed by atoms with Crippen molar-refractivity contribution in [2.75, 3.05) is 17.6 Å². The molecule has 2 amide bonds. The van der Waals surface area contributed by atoms with Gasteiger partial charge in [0.2, 0.25) is 5.91 Å². The normalized spacial score (nSPS) is 26.6. The Morgan fingerprint density at radius 3 is 2.62 bits per heavy atom. The van der Waals surface area contributed by atoms with Crippen LogP contribution in [0, 0.1) is 17.6 Å². The molecule has 4 rings (SSSR count). The van der Waals surface area contributed by atoms with Gasteiger partial charge in [-0.05, 0) is 18.1 Å². The molecule has 3 atom stereocenters. The molecule has 152 valence electrons. The van der Waals surface area contributed by atoms with Crippen molar-refractivity contribution in [2.45, 2.75) is 18.1 Å². The molecule has 5 nitrogen and oxygen atoms in total. The van der Waals surface area contributed by atoms with Gasteiger partial charge in [-0.3, -0.25) is 4.79 Å². The Balaban J connectivity index is 1.59. The van der Waals surface area contributed by atoms with Gasteiger partial charge < -0.3 is 9.47 Å². The Kier molecular flexibility index (Phi) is 5.56. The van der Waals surface area contributed by atoms with Crippen molar-refractivity contribution in [3.8, 4) is 0 Å². The molecule has 2 aromatic carbocycles. The van der Waals surface area contributed by atoms with E-state index in [-0.39, 0.29) is 25.2 Å². The number of cyclic esters (lactones) is 1. The van der Waals surface area contributed by atoms with Gasteiger partial charge in [-0.1, -0.05) is 59.0 Å². The third-order valence-electron chi connectivity index (χ3n) is 5.42. The van der Waals surface area contributed by atoms with Crippen LogP contribution in [0.5, 0.6) is 0 Å². The van der Waals surface area contributed by atoms with Crippen LogP contribution in [0.4, 0.5) is 13.6 Å². The summed E-state index contributed by atoms with van der Waals surface area (Å²) in [5.74, 6) is -2.43. The maximum atomic E-state index is 14.4. The minimum Gasteiger partial charge on any atom is -0.446 e. The molecule has 0 aliphatic carbocycles. The van der Waals surface area contributed by atoms with Gasteiger partial charge in [0.15, 0.2) is 0 Å². The van der Waals surface area contributed by atoms with Crippen molar-refractivity contribution in [2.24, 2.45) is 5.92 Å². The van der Waals surface area contributed by atoms with Crippen molar-refractivity contribution >= 4 is 34.6 Å². The minimum absolute atomic E-state index is 0.0456. The van der Waals surface area contributed by atoms with Crippen molar-refractivity contribution in [1.29, 1.82) is 0 Å². The average Bonchev–Trinajstić information content (AvgIpc) is 3.33. The zero-order valence-corrected chi connectivity index (χ0v) is 17.5. The number of alkyl halides is 1. The minimum atomic E-state index is -1.05. The van der Waals surface area contributed by atoms with Crippen LogP contribution in [0.25, 0.3) is 0 Å². The van der Waals surface area contributed by atoms with Crippen molar-refractivity contribution in [3.63, 3.8) is 0 Å². The van der Waals surface area contributed by atoms with Crippen LogP contribution in [-0.4, -0.2) is 34.5 Å². The summed E-state index contributed by atoms with van der Waals surface area (Å²) in [6.45, 7) is 0.135. The zero-order valence-electron chi connectivity index (χ0n) is 15.3. The highest BCUT2D eigenvalue weighted by atomic mass is 127. The number of hydrogen-bond acceptors (Lipinski definition) is 4. The van der Waals surface area contributed by atoms with E-state index in [0.717, 1.165) is 16.5 Å². The molecule has 8 heteroatoms. The number of amides is 2. The third kappa shape index (κ3) is 3.63. The zero-order chi connectivity index (χ0) is 20.6. The van der Waals surface area contributed by atoms with Crippen molar-refractivity contribution in [3.05, 3.63) is 71.3 Å². The summed E-state index contributed by atoms with van der Waals surface area (Å²) in [6.07, 6.45) is -0.494. The maximum Gasteiger partial charge on any atom is 0.417 e. The van der Waals surface area contributed by atoms with Crippen LogP contribution in [0.2, 0.25) is 0 Å². The Hall–Kier alpha value is -2.07. The SMILES string of the molecule is O=C1OC[C@@H](c2ccccc2)N1C(=O)C1CO[C@@](CI)(c2ccc(F)cc2F)C1. The smallest absolute Gasteiger partial charge is 0.417 e. The van der Waals surface area contributed by atoms with E-state index < -0.39 is 41.2 Å². The Morgan fingerprint density at radius 2 is 1.93 bits per heavy atom. The first kappa shape index (κ1) is 20.2. The van der Waals surface area contributed by atoms with E-state index in [9.17, 15) is 18.4 Å². The predicted octanol–water partition coefficient (Wildman–Crippen LogP) is 4.35. The molecule has 2 aromatic rings. The first-order valence-electron chi connectivity index (χ1n) is 9.15. The summed E-state index contributed by atoms with van der Waals surface area (Å²) in [5.41, 5.74) is -0.0348. The highest BCUT2D eigenvalue weighted by molar-refractivity contribution is 14.1.